The zero-order valence-electron chi connectivity index (χ0n) is 12.5. The molecule has 2 aliphatic carbocycles. The van der Waals surface area contributed by atoms with Crippen LogP contribution in [0.3, 0.4) is 0 Å². The summed E-state index contributed by atoms with van der Waals surface area (Å²) in [5.41, 5.74) is 0. The standard InChI is InChI=1S/C14H25N5S/c1-10-7-8-12(15-2)13(9-10)20-14-16-17-18-19(14)11-5-3-4-6-11/h10-13,15H,3-9H2,1-2H3. The number of rotatable bonds is 4. The quantitative estimate of drug-likeness (QED) is 0.925. The Bertz CT molecular complexity index is 429. The van der Waals surface area contributed by atoms with Crippen LogP contribution < -0.4 is 5.32 Å². The van der Waals surface area contributed by atoms with Crippen LogP contribution in [0.2, 0.25) is 0 Å². The zero-order chi connectivity index (χ0) is 13.9. The first-order valence-corrected chi connectivity index (χ1v) is 8.77. The monoisotopic (exact) mass is 295 g/mol. The Balaban J connectivity index is 1.71. The molecule has 2 aliphatic rings. The lowest BCUT2D eigenvalue weighted by molar-refractivity contribution is 0.328. The molecule has 2 fully saturated rings. The molecule has 1 aromatic heterocycles. The van der Waals surface area contributed by atoms with Gasteiger partial charge in [-0.15, -0.1) is 5.10 Å². The highest BCUT2D eigenvalue weighted by molar-refractivity contribution is 7.99. The maximum Gasteiger partial charge on any atom is 0.209 e. The summed E-state index contributed by atoms with van der Waals surface area (Å²) < 4.78 is 2.09. The van der Waals surface area contributed by atoms with Gasteiger partial charge in [0.25, 0.3) is 0 Å². The van der Waals surface area contributed by atoms with Gasteiger partial charge in [-0.1, -0.05) is 31.5 Å². The van der Waals surface area contributed by atoms with E-state index in [9.17, 15) is 0 Å². The molecule has 1 heterocycles. The third kappa shape index (κ3) is 3.01. The molecular formula is C14H25N5S. The highest BCUT2D eigenvalue weighted by atomic mass is 32.2. The van der Waals surface area contributed by atoms with Crippen molar-refractivity contribution < 1.29 is 0 Å². The Morgan fingerprint density at radius 2 is 2.00 bits per heavy atom. The molecule has 1 aromatic rings. The predicted octanol–water partition coefficient (Wildman–Crippen LogP) is 2.66. The fourth-order valence-electron chi connectivity index (χ4n) is 3.57. The third-order valence-corrected chi connectivity index (χ3v) is 6.12. The number of hydrogen-bond donors (Lipinski definition) is 1. The van der Waals surface area contributed by atoms with E-state index in [1.165, 1.54) is 44.9 Å². The number of thioether (sulfide) groups is 1. The van der Waals surface area contributed by atoms with Crippen molar-refractivity contribution in [3.05, 3.63) is 0 Å². The summed E-state index contributed by atoms with van der Waals surface area (Å²) in [4.78, 5) is 0. The molecule has 0 aromatic carbocycles. The number of hydrogen-bond acceptors (Lipinski definition) is 5. The highest BCUT2D eigenvalue weighted by Gasteiger charge is 2.31. The fraction of sp³-hybridized carbons (Fsp3) is 0.929. The fourth-order valence-corrected chi connectivity index (χ4v) is 5.07. The van der Waals surface area contributed by atoms with Gasteiger partial charge < -0.3 is 5.32 Å². The zero-order valence-corrected chi connectivity index (χ0v) is 13.3. The summed E-state index contributed by atoms with van der Waals surface area (Å²) in [6.45, 7) is 2.36. The first-order valence-electron chi connectivity index (χ1n) is 7.89. The molecule has 0 bridgehead atoms. The summed E-state index contributed by atoms with van der Waals surface area (Å²) in [6, 6.07) is 1.12. The third-order valence-electron chi connectivity index (χ3n) is 4.81. The minimum atomic E-state index is 0.529. The van der Waals surface area contributed by atoms with Crippen molar-refractivity contribution in [3.8, 4) is 0 Å². The van der Waals surface area contributed by atoms with Crippen molar-refractivity contribution in [2.45, 2.75) is 74.4 Å². The average Bonchev–Trinajstić information content (AvgIpc) is 3.09. The molecule has 0 aliphatic heterocycles. The predicted molar refractivity (Wildman–Crippen MR) is 80.8 cm³/mol. The van der Waals surface area contributed by atoms with Crippen LogP contribution in [-0.2, 0) is 0 Å². The van der Waals surface area contributed by atoms with Crippen molar-refractivity contribution in [1.29, 1.82) is 0 Å². The van der Waals surface area contributed by atoms with Crippen LogP contribution in [0.15, 0.2) is 5.16 Å². The Morgan fingerprint density at radius 3 is 2.75 bits per heavy atom. The van der Waals surface area contributed by atoms with Gasteiger partial charge in [0, 0.05) is 11.3 Å². The largest absolute Gasteiger partial charge is 0.316 e. The molecule has 0 radical (unpaired) electrons. The maximum absolute atomic E-state index is 4.29. The Hall–Kier alpha value is -0.620. The van der Waals surface area contributed by atoms with E-state index in [1.54, 1.807) is 0 Å². The average molecular weight is 295 g/mol. The van der Waals surface area contributed by atoms with E-state index in [4.69, 9.17) is 0 Å². The summed E-state index contributed by atoms with van der Waals surface area (Å²) in [6.07, 6.45) is 8.94. The van der Waals surface area contributed by atoms with E-state index < -0.39 is 0 Å². The first-order chi connectivity index (χ1) is 9.78. The minimum absolute atomic E-state index is 0.529. The molecule has 3 rings (SSSR count). The van der Waals surface area contributed by atoms with Crippen molar-refractivity contribution >= 4 is 11.8 Å². The van der Waals surface area contributed by atoms with Crippen LogP contribution in [0.25, 0.3) is 0 Å². The van der Waals surface area contributed by atoms with Crippen LogP contribution in [0.4, 0.5) is 0 Å². The van der Waals surface area contributed by atoms with Crippen LogP contribution in [0.5, 0.6) is 0 Å². The van der Waals surface area contributed by atoms with Crippen molar-refractivity contribution in [1.82, 2.24) is 25.5 Å². The van der Waals surface area contributed by atoms with Gasteiger partial charge >= 0.3 is 0 Å². The first kappa shape index (κ1) is 14.3. The molecule has 2 saturated carbocycles. The summed E-state index contributed by atoms with van der Waals surface area (Å²) in [5.74, 6) is 0.813. The number of tetrazole rings is 1. The number of aromatic nitrogens is 4. The van der Waals surface area contributed by atoms with Gasteiger partial charge in [-0.25, -0.2) is 4.68 Å². The van der Waals surface area contributed by atoms with E-state index in [-0.39, 0.29) is 0 Å². The second kappa shape index (κ2) is 6.43. The van der Waals surface area contributed by atoms with Crippen molar-refractivity contribution in [3.63, 3.8) is 0 Å². The Morgan fingerprint density at radius 1 is 1.20 bits per heavy atom. The molecule has 3 atom stereocenters. The Kier molecular flexibility index (Phi) is 4.61. The van der Waals surface area contributed by atoms with Gasteiger partial charge in [-0.2, -0.15) is 0 Å². The second-order valence-corrected chi connectivity index (χ2v) is 7.52. The van der Waals surface area contributed by atoms with Gasteiger partial charge in [0.05, 0.1) is 6.04 Å². The van der Waals surface area contributed by atoms with Crippen LogP contribution >= 0.6 is 11.8 Å². The van der Waals surface area contributed by atoms with Gasteiger partial charge in [0.15, 0.2) is 0 Å². The van der Waals surface area contributed by atoms with Crippen LogP contribution in [0.1, 0.15) is 57.9 Å². The summed E-state index contributed by atoms with van der Waals surface area (Å²) in [5, 5.41) is 17.6. The summed E-state index contributed by atoms with van der Waals surface area (Å²) >= 11 is 1.89. The lowest BCUT2D eigenvalue weighted by Crippen LogP contribution is -2.40. The maximum atomic E-state index is 4.29. The molecule has 6 heteroatoms. The van der Waals surface area contributed by atoms with Crippen LogP contribution in [0, 0.1) is 5.92 Å². The molecule has 20 heavy (non-hydrogen) atoms. The second-order valence-electron chi connectivity index (χ2n) is 6.31. The summed E-state index contributed by atoms with van der Waals surface area (Å²) in [7, 11) is 2.08. The lowest BCUT2D eigenvalue weighted by atomic mass is 9.87. The van der Waals surface area contributed by atoms with Gasteiger partial charge in [0.2, 0.25) is 5.16 Å². The van der Waals surface area contributed by atoms with Gasteiger partial charge in [-0.05, 0) is 55.5 Å². The Labute approximate surface area is 125 Å². The molecule has 3 unspecified atom stereocenters. The van der Waals surface area contributed by atoms with E-state index >= 15 is 0 Å². The molecule has 1 N–H and O–H groups in total. The lowest BCUT2D eigenvalue weighted by Gasteiger charge is -2.33. The van der Waals surface area contributed by atoms with Gasteiger partial charge in [-0.3, -0.25) is 0 Å². The smallest absolute Gasteiger partial charge is 0.209 e. The number of nitrogens with zero attached hydrogens (tertiary/aromatic N) is 4. The normalized spacial score (nSPS) is 31.8. The molecule has 0 spiro atoms. The number of nitrogens with one attached hydrogen (secondary N) is 1. The van der Waals surface area contributed by atoms with E-state index in [1.807, 2.05) is 11.8 Å². The molecule has 112 valence electrons. The molecule has 5 nitrogen and oxygen atoms in total. The van der Waals surface area contributed by atoms with Crippen LogP contribution in [-0.4, -0.2) is 38.5 Å². The molecule has 0 saturated heterocycles. The van der Waals surface area contributed by atoms with E-state index in [0.29, 0.717) is 17.3 Å². The van der Waals surface area contributed by atoms with Crippen molar-refractivity contribution in [2.24, 2.45) is 5.92 Å². The minimum Gasteiger partial charge on any atom is -0.316 e. The molecular weight excluding hydrogens is 270 g/mol. The van der Waals surface area contributed by atoms with Crippen molar-refractivity contribution in [2.75, 3.05) is 7.05 Å². The molecule has 0 amide bonds. The van der Waals surface area contributed by atoms with Gasteiger partial charge in [0.1, 0.15) is 0 Å². The van der Waals surface area contributed by atoms with E-state index in [0.717, 1.165) is 11.1 Å². The highest BCUT2D eigenvalue weighted by Crippen LogP contribution is 2.37. The SMILES string of the molecule is CNC1CCC(C)CC1Sc1nnnn1C1CCCC1. The van der Waals surface area contributed by atoms with E-state index in [2.05, 4.69) is 39.5 Å². The topological polar surface area (TPSA) is 55.6 Å².